The Balaban J connectivity index is 1.83. The van der Waals surface area contributed by atoms with Crippen LogP contribution in [-0.4, -0.2) is 24.1 Å². The second-order valence-corrected chi connectivity index (χ2v) is 7.27. The third-order valence-corrected chi connectivity index (χ3v) is 4.95. The van der Waals surface area contributed by atoms with Crippen LogP contribution in [0.5, 0.6) is 0 Å². The first kappa shape index (κ1) is 22.7. The highest BCUT2D eigenvalue weighted by molar-refractivity contribution is 5.89. The van der Waals surface area contributed by atoms with Crippen molar-refractivity contribution in [1.29, 1.82) is 0 Å². The van der Waals surface area contributed by atoms with Crippen molar-refractivity contribution in [2.45, 2.75) is 71.0 Å². The minimum Gasteiger partial charge on any atom is -0.459 e. The topological polar surface area (TPSA) is 52.6 Å². The molecule has 0 bridgehead atoms. The number of carbonyl (C=O) groups excluding carboxylic acids is 2. The first-order valence-corrected chi connectivity index (χ1v) is 10.7. The zero-order chi connectivity index (χ0) is 20.9. The average Bonchev–Trinajstić information content (AvgIpc) is 2.77. The molecule has 2 rings (SSSR count). The van der Waals surface area contributed by atoms with Crippen molar-refractivity contribution < 1.29 is 19.1 Å². The summed E-state index contributed by atoms with van der Waals surface area (Å²) in [5, 5.41) is 0. The van der Waals surface area contributed by atoms with Crippen LogP contribution < -0.4 is 0 Å². The van der Waals surface area contributed by atoms with E-state index in [0.717, 1.165) is 44.9 Å². The van der Waals surface area contributed by atoms with Gasteiger partial charge in [0.05, 0.1) is 11.1 Å². The Morgan fingerprint density at radius 3 is 1.62 bits per heavy atom. The molecule has 2 unspecified atom stereocenters. The molecule has 0 heterocycles. The zero-order valence-electron chi connectivity index (χ0n) is 17.5. The van der Waals surface area contributed by atoms with Gasteiger partial charge in [-0.05, 0) is 56.4 Å². The summed E-state index contributed by atoms with van der Waals surface area (Å²) in [4.78, 5) is 24.6. The van der Waals surface area contributed by atoms with Gasteiger partial charge in [-0.15, -0.1) is 0 Å². The van der Waals surface area contributed by atoms with E-state index in [0.29, 0.717) is 11.1 Å². The predicted molar refractivity (Wildman–Crippen MR) is 115 cm³/mol. The maximum absolute atomic E-state index is 12.4. The molecule has 0 spiro atoms. The number of benzene rings is 2. The van der Waals surface area contributed by atoms with E-state index >= 15 is 0 Å². The number of unbranched alkanes of at least 4 members (excludes halogenated alkanes) is 1. The summed E-state index contributed by atoms with van der Waals surface area (Å²) in [6.07, 6.45) is 5.86. The molecular weight excluding hydrogens is 364 g/mol. The Morgan fingerprint density at radius 2 is 1.14 bits per heavy atom. The Morgan fingerprint density at radius 1 is 0.690 bits per heavy atom. The number of hydrogen-bond donors (Lipinski definition) is 0. The minimum absolute atomic E-state index is 0.106. The lowest BCUT2D eigenvalue weighted by Gasteiger charge is -2.20. The molecule has 0 N–H and O–H groups in total. The van der Waals surface area contributed by atoms with Crippen molar-refractivity contribution in [3.63, 3.8) is 0 Å². The third kappa shape index (κ3) is 8.10. The molecule has 0 radical (unpaired) electrons. The molecule has 0 saturated heterocycles. The number of rotatable bonds is 12. The van der Waals surface area contributed by atoms with Gasteiger partial charge in [-0.25, -0.2) is 9.59 Å². The largest absolute Gasteiger partial charge is 0.459 e. The van der Waals surface area contributed by atoms with Gasteiger partial charge in [-0.1, -0.05) is 63.1 Å². The summed E-state index contributed by atoms with van der Waals surface area (Å²) in [6, 6.07) is 18.2. The summed E-state index contributed by atoms with van der Waals surface area (Å²) in [5.74, 6) is -0.551. The molecule has 156 valence electrons. The highest BCUT2D eigenvalue weighted by atomic mass is 16.5. The quantitative estimate of drug-likeness (QED) is 0.400. The lowest BCUT2D eigenvalue weighted by molar-refractivity contribution is 0.0195. The van der Waals surface area contributed by atoms with Gasteiger partial charge in [0.15, 0.2) is 0 Å². The van der Waals surface area contributed by atoms with E-state index in [4.69, 9.17) is 9.47 Å². The fourth-order valence-electron chi connectivity index (χ4n) is 3.20. The summed E-state index contributed by atoms with van der Waals surface area (Å²) >= 11 is 0. The Hall–Kier alpha value is -2.62. The number of carbonyl (C=O) groups is 2. The van der Waals surface area contributed by atoms with Crippen molar-refractivity contribution in [3.05, 3.63) is 71.8 Å². The lowest BCUT2D eigenvalue weighted by atomic mass is 10.0. The van der Waals surface area contributed by atoms with Crippen LogP contribution in [0.3, 0.4) is 0 Å². The van der Waals surface area contributed by atoms with Crippen molar-refractivity contribution in [2.24, 2.45) is 0 Å². The van der Waals surface area contributed by atoms with Gasteiger partial charge in [-0.2, -0.15) is 0 Å². The average molecular weight is 397 g/mol. The van der Waals surface area contributed by atoms with Gasteiger partial charge in [0.25, 0.3) is 0 Å². The van der Waals surface area contributed by atoms with Crippen LogP contribution in [0, 0.1) is 0 Å². The Labute approximate surface area is 174 Å². The summed E-state index contributed by atoms with van der Waals surface area (Å²) in [6.45, 7) is 4.15. The molecule has 4 heteroatoms. The molecule has 0 saturated carbocycles. The van der Waals surface area contributed by atoms with E-state index in [1.807, 2.05) is 43.3 Å². The Bertz CT molecular complexity index is 727. The van der Waals surface area contributed by atoms with Gasteiger partial charge < -0.3 is 9.47 Å². The molecule has 29 heavy (non-hydrogen) atoms. The smallest absolute Gasteiger partial charge is 0.338 e. The molecule has 2 aromatic rings. The van der Waals surface area contributed by atoms with E-state index < -0.39 is 0 Å². The van der Waals surface area contributed by atoms with Crippen LogP contribution >= 0.6 is 0 Å². The number of hydrogen-bond acceptors (Lipinski definition) is 4. The summed E-state index contributed by atoms with van der Waals surface area (Å²) in [5.41, 5.74) is 1.15. The maximum Gasteiger partial charge on any atom is 0.338 e. The lowest BCUT2D eigenvalue weighted by Crippen LogP contribution is -2.21. The first-order chi connectivity index (χ1) is 14.1. The van der Waals surface area contributed by atoms with Crippen LogP contribution in [0.25, 0.3) is 0 Å². The number of ether oxygens (including phenoxy) is 2. The SMILES string of the molecule is CCCCC(CCCC(CC)OC(=O)c1ccccc1)OC(=O)c1ccccc1. The van der Waals surface area contributed by atoms with Crippen molar-refractivity contribution in [1.82, 2.24) is 0 Å². The van der Waals surface area contributed by atoms with Crippen LogP contribution in [0.4, 0.5) is 0 Å². The molecule has 4 nitrogen and oxygen atoms in total. The second kappa shape index (κ2) is 12.8. The highest BCUT2D eigenvalue weighted by Gasteiger charge is 2.18. The molecular formula is C25H32O4. The third-order valence-electron chi connectivity index (χ3n) is 4.95. The van der Waals surface area contributed by atoms with E-state index in [1.54, 1.807) is 24.3 Å². The van der Waals surface area contributed by atoms with E-state index in [-0.39, 0.29) is 24.1 Å². The van der Waals surface area contributed by atoms with Crippen LogP contribution in [0.2, 0.25) is 0 Å². The zero-order valence-corrected chi connectivity index (χ0v) is 17.5. The molecule has 2 atom stereocenters. The molecule has 0 aliphatic carbocycles. The van der Waals surface area contributed by atoms with Crippen molar-refractivity contribution >= 4 is 11.9 Å². The van der Waals surface area contributed by atoms with Crippen LogP contribution in [0.15, 0.2) is 60.7 Å². The van der Waals surface area contributed by atoms with Crippen molar-refractivity contribution in [3.8, 4) is 0 Å². The van der Waals surface area contributed by atoms with Gasteiger partial charge in [0.2, 0.25) is 0 Å². The standard InChI is InChI=1S/C25H32O4/c1-3-5-17-23(29-25(27)21-15-10-7-11-16-21)19-12-18-22(4-2)28-24(26)20-13-8-6-9-14-20/h6-11,13-16,22-23H,3-5,12,17-19H2,1-2H3. The monoisotopic (exact) mass is 396 g/mol. The van der Waals surface area contributed by atoms with Gasteiger partial charge >= 0.3 is 11.9 Å². The molecule has 2 aromatic carbocycles. The normalized spacial score (nSPS) is 12.8. The van der Waals surface area contributed by atoms with E-state index in [9.17, 15) is 9.59 Å². The van der Waals surface area contributed by atoms with Gasteiger partial charge in [-0.3, -0.25) is 0 Å². The first-order valence-electron chi connectivity index (χ1n) is 10.7. The van der Waals surface area contributed by atoms with Crippen LogP contribution in [0.1, 0.15) is 79.5 Å². The van der Waals surface area contributed by atoms with E-state index in [2.05, 4.69) is 6.92 Å². The minimum atomic E-state index is -0.282. The highest BCUT2D eigenvalue weighted by Crippen LogP contribution is 2.18. The molecule has 0 aliphatic heterocycles. The second-order valence-electron chi connectivity index (χ2n) is 7.27. The number of esters is 2. The molecule has 0 fully saturated rings. The summed E-state index contributed by atoms with van der Waals surface area (Å²) in [7, 11) is 0. The predicted octanol–water partition coefficient (Wildman–Crippen LogP) is 6.21. The maximum atomic E-state index is 12.4. The van der Waals surface area contributed by atoms with Crippen LogP contribution in [-0.2, 0) is 9.47 Å². The fraction of sp³-hybridized carbons (Fsp3) is 0.440. The Kier molecular flexibility index (Phi) is 9.98. The molecule has 0 aliphatic rings. The molecule has 0 aromatic heterocycles. The summed E-state index contributed by atoms with van der Waals surface area (Å²) < 4.78 is 11.4. The van der Waals surface area contributed by atoms with E-state index in [1.165, 1.54) is 0 Å². The van der Waals surface area contributed by atoms with Gasteiger partial charge in [0, 0.05) is 0 Å². The fourth-order valence-corrected chi connectivity index (χ4v) is 3.20. The van der Waals surface area contributed by atoms with Gasteiger partial charge in [0.1, 0.15) is 12.2 Å². The molecule has 0 amide bonds. The van der Waals surface area contributed by atoms with Crippen molar-refractivity contribution in [2.75, 3.05) is 0 Å².